The summed E-state index contributed by atoms with van der Waals surface area (Å²) < 4.78 is 0. The molecule has 1 aromatic carbocycles. The summed E-state index contributed by atoms with van der Waals surface area (Å²) in [6.45, 7) is 10.1. The van der Waals surface area contributed by atoms with Gasteiger partial charge < -0.3 is 15.5 Å². The van der Waals surface area contributed by atoms with Gasteiger partial charge in [0.05, 0.1) is 0 Å². The molecule has 2 heterocycles. The molecule has 0 aliphatic carbocycles. The zero-order chi connectivity index (χ0) is 20.6. The molecular formula is C23H37N5O. The Kier molecular flexibility index (Phi) is 7.92. The van der Waals surface area contributed by atoms with Crippen LogP contribution in [0.4, 0.5) is 0 Å². The van der Waals surface area contributed by atoms with Gasteiger partial charge in [0.25, 0.3) is 0 Å². The molecule has 2 saturated heterocycles. The van der Waals surface area contributed by atoms with E-state index in [1.807, 2.05) is 11.8 Å². The maximum absolute atomic E-state index is 11.8. The molecule has 1 amide bonds. The van der Waals surface area contributed by atoms with E-state index in [1.165, 1.54) is 37.1 Å². The van der Waals surface area contributed by atoms with Crippen molar-refractivity contribution in [3.63, 3.8) is 0 Å². The van der Waals surface area contributed by atoms with Crippen LogP contribution in [-0.2, 0) is 17.9 Å². The monoisotopic (exact) mass is 399 g/mol. The summed E-state index contributed by atoms with van der Waals surface area (Å²) in [5.41, 5.74) is 2.63. The molecule has 0 bridgehead atoms. The maximum Gasteiger partial charge on any atom is 0.222 e. The molecule has 0 spiro atoms. The first-order valence-electron chi connectivity index (χ1n) is 11.1. The van der Waals surface area contributed by atoms with Crippen LogP contribution in [0.15, 0.2) is 29.3 Å². The lowest BCUT2D eigenvalue weighted by Crippen LogP contribution is -2.44. The minimum atomic E-state index is 0.233. The van der Waals surface area contributed by atoms with Crippen molar-refractivity contribution in [2.24, 2.45) is 10.9 Å². The maximum atomic E-state index is 11.8. The zero-order valence-electron chi connectivity index (χ0n) is 18.3. The van der Waals surface area contributed by atoms with E-state index in [1.54, 1.807) is 7.05 Å². The number of nitrogens with one attached hydrogen (secondary N) is 2. The number of nitrogens with zero attached hydrogens (tertiary/aromatic N) is 3. The van der Waals surface area contributed by atoms with Crippen LogP contribution in [-0.4, -0.2) is 60.9 Å². The fourth-order valence-electron chi connectivity index (χ4n) is 4.14. The number of carbonyl (C=O) groups excluding carboxylic acids is 1. The minimum absolute atomic E-state index is 0.233. The van der Waals surface area contributed by atoms with Gasteiger partial charge in [-0.2, -0.15) is 0 Å². The number of amides is 1. The number of hydrogen-bond donors (Lipinski definition) is 2. The Morgan fingerprint density at radius 3 is 2.45 bits per heavy atom. The third-order valence-electron chi connectivity index (χ3n) is 6.17. The van der Waals surface area contributed by atoms with E-state index in [2.05, 4.69) is 51.7 Å². The molecule has 0 saturated carbocycles. The molecule has 29 heavy (non-hydrogen) atoms. The van der Waals surface area contributed by atoms with Gasteiger partial charge in [0.2, 0.25) is 5.91 Å². The van der Waals surface area contributed by atoms with E-state index in [0.717, 1.165) is 44.5 Å². The summed E-state index contributed by atoms with van der Waals surface area (Å²) in [5, 5.41) is 6.85. The second-order valence-electron chi connectivity index (χ2n) is 8.52. The van der Waals surface area contributed by atoms with Crippen molar-refractivity contribution in [2.75, 3.05) is 33.2 Å². The highest BCUT2D eigenvalue weighted by Crippen LogP contribution is 2.18. The molecule has 2 fully saturated rings. The number of benzene rings is 1. The molecule has 2 aliphatic heterocycles. The van der Waals surface area contributed by atoms with Crippen LogP contribution in [0, 0.1) is 5.92 Å². The van der Waals surface area contributed by atoms with Crippen molar-refractivity contribution >= 4 is 11.9 Å². The summed E-state index contributed by atoms with van der Waals surface area (Å²) in [6.07, 6.45) is 4.18. The van der Waals surface area contributed by atoms with Gasteiger partial charge in [0, 0.05) is 45.7 Å². The van der Waals surface area contributed by atoms with Crippen LogP contribution >= 0.6 is 0 Å². The quantitative estimate of drug-likeness (QED) is 0.570. The Morgan fingerprint density at radius 1 is 1.10 bits per heavy atom. The molecule has 1 atom stereocenters. The normalized spacial score (nSPS) is 21.4. The van der Waals surface area contributed by atoms with Gasteiger partial charge >= 0.3 is 0 Å². The lowest BCUT2D eigenvalue weighted by Gasteiger charge is -2.30. The molecule has 6 nitrogen and oxygen atoms in total. The van der Waals surface area contributed by atoms with Gasteiger partial charge in [-0.25, -0.2) is 0 Å². The van der Waals surface area contributed by atoms with Crippen molar-refractivity contribution in [2.45, 2.75) is 58.7 Å². The summed E-state index contributed by atoms with van der Waals surface area (Å²) in [6, 6.07) is 9.18. The predicted octanol–water partition coefficient (Wildman–Crippen LogP) is 2.59. The van der Waals surface area contributed by atoms with Gasteiger partial charge in [0.15, 0.2) is 5.96 Å². The van der Waals surface area contributed by atoms with Crippen molar-refractivity contribution in [3.05, 3.63) is 35.4 Å². The number of piperidine rings is 1. The molecule has 0 aromatic heterocycles. The third kappa shape index (κ3) is 6.46. The zero-order valence-corrected chi connectivity index (χ0v) is 18.3. The van der Waals surface area contributed by atoms with Crippen molar-refractivity contribution < 1.29 is 4.79 Å². The van der Waals surface area contributed by atoms with Crippen LogP contribution in [0.2, 0.25) is 0 Å². The third-order valence-corrected chi connectivity index (χ3v) is 6.17. The Balaban J connectivity index is 1.42. The second-order valence-corrected chi connectivity index (χ2v) is 8.52. The van der Waals surface area contributed by atoms with Gasteiger partial charge in [-0.05, 0) is 49.4 Å². The molecular weight excluding hydrogens is 362 g/mol. The largest absolute Gasteiger partial charge is 0.352 e. The Bertz CT molecular complexity index is 679. The number of carbonyl (C=O) groups is 1. The van der Waals surface area contributed by atoms with Crippen LogP contribution in [0.3, 0.4) is 0 Å². The minimum Gasteiger partial charge on any atom is -0.352 e. The highest BCUT2D eigenvalue weighted by molar-refractivity contribution is 5.80. The summed E-state index contributed by atoms with van der Waals surface area (Å²) >= 11 is 0. The first-order valence-corrected chi connectivity index (χ1v) is 11.1. The number of aliphatic imine (C=N–C) groups is 1. The SMILES string of the molecule is CCC(=O)N1CCC(NC(=NC)NCc2ccc(CN3CCC(C)CC3)cc2)C1. The van der Waals surface area contributed by atoms with Crippen LogP contribution in [0.25, 0.3) is 0 Å². The molecule has 1 aromatic rings. The highest BCUT2D eigenvalue weighted by Gasteiger charge is 2.25. The van der Waals surface area contributed by atoms with Crippen LogP contribution < -0.4 is 10.6 Å². The van der Waals surface area contributed by atoms with Crippen LogP contribution in [0.5, 0.6) is 0 Å². The van der Waals surface area contributed by atoms with E-state index in [4.69, 9.17) is 0 Å². The Morgan fingerprint density at radius 2 is 1.79 bits per heavy atom. The number of rotatable bonds is 6. The summed E-state index contributed by atoms with van der Waals surface area (Å²) in [7, 11) is 1.79. The molecule has 160 valence electrons. The predicted molar refractivity (Wildman–Crippen MR) is 119 cm³/mol. The number of likely N-dealkylation sites (tertiary alicyclic amines) is 2. The van der Waals surface area contributed by atoms with E-state index in [9.17, 15) is 4.79 Å². The molecule has 6 heteroatoms. The smallest absolute Gasteiger partial charge is 0.222 e. The fraction of sp³-hybridized carbons (Fsp3) is 0.652. The van der Waals surface area contributed by atoms with E-state index >= 15 is 0 Å². The first kappa shape index (κ1) is 21.6. The van der Waals surface area contributed by atoms with Crippen molar-refractivity contribution in [1.29, 1.82) is 0 Å². The van der Waals surface area contributed by atoms with Gasteiger partial charge in [-0.15, -0.1) is 0 Å². The van der Waals surface area contributed by atoms with Crippen molar-refractivity contribution in [1.82, 2.24) is 20.4 Å². The molecule has 2 aliphatic rings. The topological polar surface area (TPSA) is 60.0 Å². The van der Waals surface area contributed by atoms with Gasteiger partial charge in [0.1, 0.15) is 0 Å². The van der Waals surface area contributed by atoms with Gasteiger partial charge in [-0.3, -0.25) is 14.7 Å². The lowest BCUT2D eigenvalue weighted by atomic mass is 9.99. The molecule has 1 unspecified atom stereocenters. The van der Waals surface area contributed by atoms with E-state index in [0.29, 0.717) is 6.42 Å². The Hall–Kier alpha value is -2.08. The lowest BCUT2D eigenvalue weighted by molar-refractivity contribution is -0.129. The summed E-state index contributed by atoms with van der Waals surface area (Å²) in [4.78, 5) is 20.7. The Labute approximate surface area is 175 Å². The first-order chi connectivity index (χ1) is 14.1. The van der Waals surface area contributed by atoms with Gasteiger partial charge in [-0.1, -0.05) is 38.1 Å². The fourth-order valence-corrected chi connectivity index (χ4v) is 4.14. The van der Waals surface area contributed by atoms with E-state index < -0.39 is 0 Å². The van der Waals surface area contributed by atoms with E-state index in [-0.39, 0.29) is 11.9 Å². The average Bonchev–Trinajstić information content (AvgIpc) is 3.22. The standard InChI is InChI=1S/C23H37N5O/c1-4-22(29)28-14-11-21(17-28)26-23(24-3)25-15-19-5-7-20(8-6-19)16-27-12-9-18(2)10-13-27/h5-8,18,21H,4,9-17H2,1-3H3,(H2,24,25,26). The molecule has 3 rings (SSSR count). The van der Waals surface area contributed by atoms with Crippen LogP contribution in [0.1, 0.15) is 50.7 Å². The summed E-state index contributed by atoms with van der Waals surface area (Å²) in [5.74, 6) is 1.91. The average molecular weight is 400 g/mol. The second kappa shape index (κ2) is 10.6. The molecule has 2 N–H and O–H groups in total. The number of hydrogen-bond acceptors (Lipinski definition) is 3. The highest BCUT2D eigenvalue weighted by atomic mass is 16.2. The number of guanidine groups is 1. The molecule has 0 radical (unpaired) electrons. The van der Waals surface area contributed by atoms with Crippen molar-refractivity contribution in [3.8, 4) is 0 Å².